The molecule has 0 atom stereocenters. The van der Waals surface area contributed by atoms with Crippen LogP contribution in [0.4, 0.5) is 5.69 Å². The molecule has 162 valence electrons. The summed E-state index contributed by atoms with van der Waals surface area (Å²) in [5.74, 6) is -0.0577. The standard InChI is InChI=1S/C22H29N3O4S/c1-23-30(27,28)21-15-17(11-12-20(21)29-3)22(26)24(2)16-18-9-5-6-10-19(18)25-13-7-4-8-14-25/h5-6,9-12,15,23H,4,7-8,13-14,16H2,1-3H3. The van der Waals surface area contributed by atoms with Gasteiger partial charge in [0.1, 0.15) is 10.6 Å². The Hall–Kier alpha value is -2.58. The van der Waals surface area contributed by atoms with Crippen LogP contribution in [0.5, 0.6) is 5.75 Å². The highest BCUT2D eigenvalue weighted by molar-refractivity contribution is 7.89. The number of carbonyl (C=O) groups is 1. The molecule has 2 aromatic rings. The van der Waals surface area contributed by atoms with E-state index in [1.165, 1.54) is 45.6 Å². The zero-order chi connectivity index (χ0) is 21.7. The van der Waals surface area contributed by atoms with Gasteiger partial charge >= 0.3 is 0 Å². The average molecular weight is 432 g/mol. The molecule has 2 aromatic carbocycles. The third kappa shape index (κ3) is 4.76. The van der Waals surface area contributed by atoms with E-state index in [9.17, 15) is 13.2 Å². The molecule has 0 radical (unpaired) electrons. The van der Waals surface area contributed by atoms with Gasteiger partial charge in [-0.05, 0) is 56.1 Å². The Morgan fingerprint density at radius 2 is 1.83 bits per heavy atom. The first kappa shape index (κ1) is 22.1. The second-order valence-corrected chi connectivity index (χ2v) is 9.27. The number of methoxy groups -OCH3 is 1. The molecule has 1 saturated heterocycles. The highest BCUT2D eigenvalue weighted by atomic mass is 32.2. The summed E-state index contributed by atoms with van der Waals surface area (Å²) in [6, 6.07) is 12.6. The van der Waals surface area contributed by atoms with Crippen LogP contribution in [0.2, 0.25) is 0 Å². The van der Waals surface area contributed by atoms with Gasteiger partial charge in [0.2, 0.25) is 10.0 Å². The van der Waals surface area contributed by atoms with Crippen molar-refractivity contribution in [3.05, 3.63) is 53.6 Å². The molecule has 1 heterocycles. The quantitative estimate of drug-likeness (QED) is 0.729. The Morgan fingerprint density at radius 3 is 2.50 bits per heavy atom. The molecule has 3 rings (SSSR count). The Bertz CT molecular complexity index is 1000. The summed E-state index contributed by atoms with van der Waals surface area (Å²) in [6.45, 7) is 2.49. The zero-order valence-corrected chi connectivity index (χ0v) is 18.5. The number of anilines is 1. The Balaban J connectivity index is 1.84. The van der Waals surface area contributed by atoms with E-state index in [1.54, 1.807) is 18.0 Å². The predicted octanol–water partition coefficient (Wildman–Crippen LogP) is 2.87. The lowest BCUT2D eigenvalue weighted by atomic mass is 10.1. The number of hydrogen-bond donors (Lipinski definition) is 1. The van der Waals surface area contributed by atoms with Crippen LogP contribution < -0.4 is 14.4 Å². The van der Waals surface area contributed by atoms with Crippen molar-refractivity contribution in [1.29, 1.82) is 0 Å². The summed E-state index contributed by atoms with van der Waals surface area (Å²) < 4.78 is 32.1. The van der Waals surface area contributed by atoms with Gasteiger partial charge in [0.05, 0.1) is 7.11 Å². The molecule has 8 heteroatoms. The third-order valence-corrected chi connectivity index (χ3v) is 6.85. The van der Waals surface area contributed by atoms with E-state index in [2.05, 4.69) is 15.7 Å². The Labute approximate surface area is 178 Å². The minimum Gasteiger partial charge on any atom is -0.495 e. The second kappa shape index (κ2) is 9.49. The van der Waals surface area contributed by atoms with Crippen LogP contribution in [0.1, 0.15) is 35.2 Å². The number of nitrogens with zero attached hydrogens (tertiary/aromatic N) is 2. The van der Waals surface area contributed by atoms with Crippen molar-refractivity contribution in [3.63, 3.8) is 0 Å². The highest BCUT2D eigenvalue weighted by Gasteiger charge is 2.22. The summed E-state index contributed by atoms with van der Waals surface area (Å²) in [5.41, 5.74) is 2.53. The number of para-hydroxylation sites is 1. The first-order chi connectivity index (χ1) is 14.4. The maximum Gasteiger partial charge on any atom is 0.253 e. The Morgan fingerprint density at radius 1 is 1.13 bits per heavy atom. The van der Waals surface area contributed by atoms with Crippen molar-refractivity contribution in [2.75, 3.05) is 39.2 Å². The summed E-state index contributed by atoms with van der Waals surface area (Å²) in [6.07, 6.45) is 3.61. The van der Waals surface area contributed by atoms with Crippen molar-refractivity contribution < 1.29 is 17.9 Å². The summed E-state index contributed by atoms with van der Waals surface area (Å²) >= 11 is 0. The van der Waals surface area contributed by atoms with Crippen molar-refractivity contribution in [2.45, 2.75) is 30.7 Å². The van der Waals surface area contributed by atoms with Crippen molar-refractivity contribution in [1.82, 2.24) is 9.62 Å². The lowest BCUT2D eigenvalue weighted by Crippen LogP contribution is -2.32. The maximum atomic E-state index is 13.1. The van der Waals surface area contributed by atoms with Gasteiger partial charge in [0, 0.05) is 37.9 Å². The molecule has 0 unspecified atom stereocenters. The van der Waals surface area contributed by atoms with E-state index in [0.717, 1.165) is 24.3 Å². The third-order valence-electron chi connectivity index (χ3n) is 5.41. The number of ether oxygens (including phenoxy) is 1. The number of amides is 1. The number of sulfonamides is 1. The number of carbonyl (C=O) groups excluding carboxylic acids is 1. The van der Waals surface area contributed by atoms with E-state index >= 15 is 0 Å². The summed E-state index contributed by atoms with van der Waals surface area (Å²) in [7, 11) is 0.697. The fraction of sp³-hybridized carbons (Fsp3) is 0.409. The van der Waals surface area contributed by atoms with E-state index in [1.807, 2.05) is 18.2 Å². The van der Waals surface area contributed by atoms with Crippen LogP contribution in [0.3, 0.4) is 0 Å². The molecule has 0 aromatic heterocycles. The van der Waals surface area contributed by atoms with Crippen LogP contribution in [-0.2, 0) is 16.6 Å². The fourth-order valence-electron chi connectivity index (χ4n) is 3.77. The molecule has 1 fully saturated rings. The predicted molar refractivity (Wildman–Crippen MR) is 118 cm³/mol. The molecule has 1 N–H and O–H groups in total. The van der Waals surface area contributed by atoms with Crippen LogP contribution in [-0.4, -0.2) is 53.5 Å². The molecular weight excluding hydrogens is 402 g/mol. The van der Waals surface area contributed by atoms with Crippen molar-refractivity contribution in [2.24, 2.45) is 0 Å². The van der Waals surface area contributed by atoms with Crippen LogP contribution >= 0.6 is 0 Å². The molecular formula is C22H29N3O4S. The van der Waals surface area contributed by atoms with Crippen molar-refractivity contribution in [3.8, 4) is 5.75 Å². The molecule has 0 spiro atoms. The van der Waals surface area contributed by atoms with Gasteiger partial charge in [-0.25, -0.2) is 13.1 Å². The number of rotatable bonds is 7. The molecule has 0 saturated carbocycles. The van der Waals surface area contributed by atoms with E-state index in [-0.39, 0.29) is 16.6 Å². The van der Waals surface area contributed by atoms with Gasteiger partial charge in [-0.15, -0.1) is 0 Å². The highest BCUT2D eigenvalue weighted by Crippen LogP contribution is 2.27. The van der Waals surface area contributed by atoms with E-state index < -0.39 is 10.0 Å². The van der Waals surface area contributed by atoms with Crippen LogP contribution in [0, 0.1) is 0 Å². The molecule has 1 aliphatic heterocycles. The summed E-state index contributed by atoms with van der Waals surface area (Å²) in [4.78, 5) is 17.0. The fourth-order valence-corrected chi connectivity index (χ4v) is 4.68. The Kier molecular flexibility index (Phi) is 6.99. The maximum absolute atomic E-state index is 13.1. The van der Waals surface area contributed by atoms with Crippen LogP contribution in [0.15, 0.2) is 47.4 Å². The van der Waals surface area contributed by atoms with Crippen molar-refractivity contribution >= 4 is 21.6 Å². The minimum absolute atomic E-state index is 0.0551. The van der Waals surface area contributed by atoms with Gasteiger partial charge in [0.15, 0.2) is 0 Å². The van der Waals surface area contributed by atoms with Gasteiger partial charge in [0.25, 0.3) is 5.91 Å². The van der Waals surface area contributed by atoms with E-state index in [4.69, 9.17) is 4.74 Å². The number of piperidine rings is 1. The first-order valence-electron chi connectivity index (χ1n) is 10.1. The number of benzene rings is 2. The molecule has 1 amide bonds. The normalized spacial score (nSPS) is 14.4. The monoisotopic (exact) mass is 431 g/mol. The smallest absolute Gasteiger partial charge is 0.253 e. The van der Waals surface area contributed by atoms with Gasteiger partial charge in [-0.3, -0.25) is 4.79 Å². The molecule has 30 heavy (non-hydrogen) atoms. The van der Waals surface area contributed by atoms with E-state index in [0.29, 0.717) is 12.1 Å². The SMILES string of the molecule is CNS(=O)(=O)c1cc(C(=O)N(C)Cc2ccccc2N2CCCCC2)ccc1OC. The molecule has 0 bridgehead atoms. The zero-order valence-electron chi connectivity index (χ0n) is 17.7. The average Bonchev–Trinajstić information content (AvgIpc) is 2.79. The largest absolute Gasteiger partial charge is 0.495 e. The van der Waals surface area contributed by atoms with Gasteiger partial charge in [-0.1, -0.05) is 18.2 Å². The number of hydrogen-bond acceptors (Lipinski definition) is 5. The number of nitrogens with one attached hydrogen (secondary N) is 1. The minimum atomic E-state index is -3.76. The first-order valence-corrected chi connectivity index (χ1v) is 11.6. The topological polar surface area (TPSA) is 79.0 Å². The molecule has 1 aliphatic rings. The molecule has 7 nitrogen and oxygen atoms in total. The molecule has 0 aliphatic carbocycles. The van der Waals surface area contributed by atoms with Gasteiger partial charge < -0.3 is 14.5 Å². The van der Waals surface area contributed by atoms with Crippen LogP contribution in [0.25, 0.3) is 0 Å². The second-order valence-electron chi connectivity index (χ2n) is 7.41. The lowest BCUT2D eigenvalue weighted by Gasteiger charge is -2.31. The van der Waals surface area contributed by atoms with Gasteiger partial charge in [-0.2, -0.15) is 0 Å². The summed E-state index contributed by atoms with van der Waals surface area (Å²) in [5, 5.41) is 0. The lowest BCUT2D eigenvalue weighted by molar-refractivity contribution is 0.0785.